The van der Waals surface area contributed by atoms with Crippen molar-refractivity contribution in [2.75, 3.05) is 57.9 Å². The molecule has 2 aromatic carbocycles. The molecule has 0 saturated carbocycles. The summed E-state index contributed by atoms with van der Waals surface area (Å²) in [6.45, 7) is 12.3. The van der Waals surface area contributed by atoms with Gasteiger partial charge in [0, 0.05) is 51.7 Å². The second-order valence-corrected chi connectivity index (χ2v) is 10.8. The van der Waals surface area contributed by atoms with Crippen molar-refractivity contribution in [1.29, 1.82) is 0 Å². The molecule has 0 radical (unpaired) electrons. The number of piperidine rings is 1. The molecule has 0 unspecified atom stereocenters. The van der Waals surface area contributed by atoms with Gasteiger partial charge in [0.2, 0.25) is 0 Å². The van der Waals surface area contributed by atoms with Gasteiger partial charge in [0.15, 0.2) is 0 Å². The number of carbonyl (C=O) groups excluding carboxylic acids is 1. The molecule has 1 aliphatic rings. The monoisotopic (exact) mass is 614 g/mol. The maximum atomic E-state index is 13.5. The fourth-order valence-corrected chi connectivity index (χ4v) is 5.37. The lowest BCUT2D eigenvalue weighted by Crippen LogP contribution is -2.52. The number of allylic oxidation sites excluding steroid dienone is 1. The first-order valence-electron chi connectivity index (χ1n) is 14.3. The van der Waals surface area contributed by atoms with E-state index in [4.69, 9.17) is 25.8 Å². The van der Waals surface area contributed by atoms with Crippen molar-refractivity contribution in [3.63, 3.8) is 0 Å². The Labute approximate surface area is 258 Å². The van der Waals surface area contributed by atoms with Gasteiger partial charge in [-0.05, 0) is 61.4 Å². The lowest BCUT2D eigenvalue weighted by molar-refractivity contribution is -0.147. The molecule has 0 aliphatic carbocycles. The van der Waals surface area contributed by atoms with E-state index in [1.807, 2.05) is 37.9 Å². The van der Waals surface area contributed by atoms with Crippen LogP contribution in [-0.4, -0.2) is 81.1 Å². The summed E-state index contributed by atoms with van der Waals surface area (Å²) in [4.78, 5) is 27.0. The van der Waals surface area contributed by atoms with Gasteiger partial charge < -0.3 is 24.2 Å². The Kier molecular flexibility index (Phi) is 12.8. The number of carbonyl (C=O) groups is 2. The van der Waals surface area contributed by atoms with Crippen molar-refractivity contribution >= 4 is 35.3 Å². The number of nitrogens with zero attached hydrogens (tertiary/aromatic N) is 2. The van der Waals surface area contributed by atoms with Crippen LogP contribution in [0.2, 0.25) is 5.02 Å². The highest BCUT2D eigenvalue weighted by Gasteiger charge is 2.38. The molecule has 43 heavy (non-hydrogen) atoms. The van der Waals surface area contributed by atoms with Crippen molar-refractivity contribution < 1.29 is 33.3 Å². The van der Waals surface area contributed by atoms with Crippen molar-refractivity contribution in [2.45, 2.75) is 32.3 Å². The predicted molar refractivity (Wildman–Crippen MR) is 167 cm³/mol. The number of rotatable bonds is 16. The molecule has 0 aromatic heterocycles. The summed E-state index contributed by atoms with van der Waals surface area (Å²) in [6, 6.07) is 10.7. The normalized spacial score (nSPS) is 15.6. The third-order valence-corrected chi connectivity index (χ3v) is 7.68. The minimum atomic E-state index is -1.05. The highest BCUT2D eigenvalue weighted by molar-refractivity contribution is 6.33. The maximum Gasteiger partial charge on any atom is 0.335 e. The second kappa shape index (κ2) is 16.3. The zero-order valence-electron chi connectivity index (χ0n) is 25.0. The van der Waals surface area contributed by atoms with Gasteiger partial charge in [-0.15, -0.1) is 0 Å². The Balaban J connectivity index is 1.75. The van der Waals surface area contributed by atoms with Crippen LogP contribution in [0, 0.1) is 5.82 Å². The van der Waals surface area contributed by atoms with E-state index in [0.29, 0.717) is 87.4 Å². The molecule has 1 saturated heterocycles. The Hall–Kier alpha value is -3.66. The van der Waals surface area contributed by atoms with E-state index in [2.05, 4.69) is 11.5 Å². The molecule has 0 atom stereocenters. The topological polar surface area (TPSA) is 88.5 Å². The van der Waals surface area contributed by atoms with Crippen molar-refractivity contribution in [2.24, 2.45) is 0 Å². The third kappa shape index (κ3) is 9.68. The number of carboxylic acid groups (broad SMARTS) is 1. The third-order valence-electron chi connectivity index (χ3n) is 7.38. The summed E-state index contributed by atoms with van der Waals surface area (Å²) < 4.78 is 30.7. The Bertz CT molecular complexity index is 1320. The van der Waals surface area contributed by atoms with Crippen LogP contribution in [0.1, 0.15) is 42.6 Å². The summed E-state index contributed by atoms with van der Waals surface area (Å²) >= 11 is 6.39. The molecule has 2 aromatic rings. The van der Waals surface area contributed by atoms with E-state index in [1.54, 1.807) is 18.2 Å². The molecule has 232 valence electrons. The molecule has 0 amide bonds. The van der Waals surface area contributed by atoms with Crippen molar-refractivity contribution in [1.82, 2.24) is 4.90 Å². The van der Waals surface area contributed by atoms with Crippen LogP contribution >= 0.6 is 11.6 Å². The molecule has 1 fully saturated rings. The Morgan fingerprint density at radius 3 is 2.40 bits per heavy atom. The average Bonchev–Trinajstić information content (AvgIpc) is 2.98. The number of anilines is 1. The minimum Gasteiger partial charge on any atom is -0.493 e. The van der Waals surface area contributed by atoms with Crippen LogP contribution < -0.4 is 4.90 Å². The van der Waals surface area contributed by atoms with Crippen molar-refractivity contribution in [3.05, 3.63) is 94.5 Å². The molecule has 10 heteroatoms. The molecule has 1 heterocycles. The van der Waals surface area contributed by atoms with Crippen LogP contribution in [-0.2, 0) is 19.0 Å². The quantitative estimate of drug-likeness (QED) is 0.103. The molecular weight excluding hydrogens is 575 g/mol. The van der Waals surface area contributed by atoms with E-state index in [0.717, 1.165) is 11.1 Å². The Morgan fingerprint density at radius 2 is 1.81 bits per heavy atom. The highest BCUT2D eigenvalue weighted by atomic mass is 35.5. The highest BCUT2D eigenvalue weighted by Crippen LogP contribution is 2.33. The SMILES string of the molecule is C=C(/C(=C\C(=C/COCC)CN1CCC(CN(C)c2ccc(C(=O)O)cc2Cl)(OC=O)CC1)OCC)c1ccc(F)cc1. The number of hydrogen-bond acceptors (Lipinski definition) is 7. The van der Waals surface area contributed by atoms with E-state index >= 15 is 0 Å². The average molecular weight is 615 g/mol. The molecular formula is C33H40ClFN2O6. The van der Waals surface area contributed by atoms with Crippen LogP contribution in [0.5, 0.6) is 0 Å². The number of halogens is 2. The van der Waals surface area contributed by atoms with Crippen molar-refractivity contribution in [3.8, 4) is 0 Å². The van der Waals surface area contributed by atoms with Crippen LogP contribution in [0.25, 0.3) is 5.57 Å². The number of likely N-dealkylation sites (N-methyl/N-ethyl adjacent to an activating group) is 1. The fourth-order valence-electron chi connectivity index (χ4n) is 5.05. The van der Waals surface area contributed by atoms with E-state index in [1.165, 1.54) is 24.3 Å². The number of benzene rings is 2. The number of carboxylic acids is 1. The van der Waals surface area contributed by atoms with Gasteiger partial charge in [-0.2, -0.15) is 0 Å². The van der Waals surface area contributed by atoms with E-state index < -0.39 is 11.6 Å². The summed E-state index contributed by atoms with van der Waals surface area (Å²) in [7, 11) is 1.84. The molecule has 1 aliphatic heterocycles. The van der Waals surface area contributed by atoms with Gasteiger partial charge >= 0.3 is 5.97 Å². The summed E-state index contributed by atoms with van der Waals surface area (Å²) in [5.41, 5.74) is 2.41. The summed E-state index contributed by atoms with van der Waals surface area (Å²) in [6.07, 6.45) is 5.14. The summed E-state index contributed by atoms with van der Waals surface area (Å²) in [5, 5.41) is 9.56. The number of ether oxygens (including phenoxy) is 3. The first kappa shape index (κ1) is 33.8. The second-order valence-electron chi connectivity index (χ2n) is 10.4. The van der Waals surface area contributed by atoms with E-state index in [9.17, 15) is 19.1 Å². The zero-order valence-corrected chi connectivity index (χ0v) is 25.7. The van der Waals surface area contributed by atoms with Crippen LogP contribution in [0.4, 0.5) is 10.1 Å². The molecule has 8 nitrogen and oxygen atoms in total. The molecule has 1 N–H and O–H groups in total. The van der Waals surface area contributed by atoms with Gasteiger partial charge in [0.05, 0.1) is 36.0 Å². The lowest BCUT2D eigenvalue weighted by atomic mass is 9.90. The molecule has 0 bridgehead atoms. The van der Waals surface area contributed by atoms with Gasteiger partial charge in [0.25, 0.3) is 6.47 Å². The number of hydrogen-bond donors (Lipinski definition) is 1. The molecule has 3 rings (SSSR count). The number of likely N-dealkylation sites (tertiary alicyclic amines) is 1. The number of aromatic carboxylic acids is 1. The van der Waals surface area contributed by atoms with Gasteiger partial charge in [-0.25, -0.2) is 9.18 Å². The van der Waals surface area contributed by atoms with E-state index in [-0.39, 0.29) is 11.4 Å². The lowest BCUT2D eigenvalue weighted by Gasteiger charge is -2.42. The van der Waals surface area contributed by atoms with Crippen LogP contribution in [0.3, 0.4) is 0 Å². The fraction of sp³-hybridized carbons (Fsp3) is 0.394. The summed E-state index contributed by atoms with van der Waals surface area (Å²) in [5.74, 6) is -0.775. The maximum absolute atomic E-state index is 13.5. The zero-order chi connectivity index (χ0) is 31.4. The van der Waals surface area contributed by atoms with Gasteiger partial charge in [0.1, 0.15) is 17.2 Å². The van der Waals surface area contributed by atoms with Gasteiger partial charge in [-0.1, -0.05) is 36.4 Å². The first-order chi connectivity index (χ1) is 20.6. The standard InChI is InChI=1S/C33H40ClFN2O6/c1-5-41-18-13-25(19-31(42-6-2)24(3)26-7-10-28(35)11-8-26)21-37-16-14-33(15-17-37,43-23-38)22-36(4)30-12-9-27(32(39)40)20-29(30)34/h7-13,19-20,23H,3,5-6,14-18,21-22H2,1-2,4H3,(H,39,40)/b25-13+,31-19+. The van der Waals surface area contributed by atoms with Crippen LogP contribution in [0.15, 0.2) is 72.5 Å². The first-order valence-corrected chi connectivity index (χ1v) is 14.6. The predicted octanol–water partition coefficient (Wildman–Crippen LogP) is 6.22. The van der Waals surface area contributed by atoms with Gasteiger partial charge in [-0.3, -0.25) is 9.69 Å². The smallest absolute Gasteiger partial charge is 0.335 e. The Morgan fingerprint density at radius 1 is 1.14 bits per heavy atom. The minimum absolute atomic E-state index is 0.102. The largest absolute Gasteiger partial charge is 0.493 e. The molecule has 0 spiro atoms.